The Bertz CT molecular complexity index is 1230. The van der Waals surface area contributed by atoms with Crippen molar-refractivity contribution in [3.63, 3.8) is 0 Å². The molecule has 0 saturated carbocycles. The Hall–Kier alpha value is -3.24. The molecule has 0 atom stereocenters. The Morgan fingerprint density at radius 2 is 1.67 bits per heavy atom. The lowest BCUT2D eigenvalue weighted by Crippen LogP contribution is -2.26. The Balaban J connectivity index is 1.61. The van der Waals surface area contributed by atoms with Gasteiger partial charge in [-0.1, -0.05) is 29.8 Å². The number of hydrogen-bond acceptors (Lipinski definition) is 4. The lowest BCUT2D eigenvalue weighted by Gasteiger charge is -2.19. The maximum Gasteiger partial charge on any atom is 0.417 e. The normalized spacial score (nSPS) is 11.7. The second-order valence-corrected chi connectivity index (χ2v) is 9.19. The molecule has 0 aromatic heterocycles. The number of alkyl halides is 3. The van der Waals surface area contributed by atoms with Gasteiger partial charge < -0.3 is 10.1 Å². The molecule has 6 nitrogen and oxygen atoms in total. The van der Waals surface area contributed by atoms with Gasteiger partial charge >= 0.3 is 6.18 Å². The summed E-state index contributed by atoms with van der Waals surface area (Å²) in [5.41, 5.74) is -0.770. The van der Waals surface area contributed by atoms with Gasteiger partial charge in [0.05, 0.1) is 21.2 Å². The SMILES string of the molecule is CN(c1ccc(OCC(=O)Nc2ccc(Cl)c(C(F)(F)F)c2)cc1)S(=O)(=O)c1ccccc1. The van der Waals surface area contributed by atoms with E-state index in [1.807, 2.05) is 0 Å². The molecular weight excluding hydrogens is 481 g/mol. The van der Waals surface area contributed by atoms with Gasteiger partial charge in [0.15, 0.2) is 6.61 Å². The zero-order chi connectivity index (χ0) is 24.2. The van der Waals surface area contributed by atoms with Crippen LogP contribution in [0, 0.1) is 0 Å². The second-order valence-electron chi connectivity index (χ2n) is 6.81. The number of ether oxygens (including phenoxy) is 1. The largest absolute Gasteiger partial charge is 0.484 e. The van der Waals surface area contributed by atoms with Crippen molar-refractivity contribution in [1.29, 1.82) is 0 Å². The molecule has 0 spiro atoms. The van der Waals surface area contributed by atoms with Crippen molar-refractivity contribution >= 4 is 38.9 Å². The smallest absolute Gasteiger partial charge is 0.417 e. The summed E-state index contributed by atoms with van der Waals surface area (Å²) in [4.78, 5) is 12.2. The van der Waals surface area contributed by atoms with E-state index < -0.39 is 39.3 Å². The highest BCUT2D eigenvalue weighted by atomic mass is 35.5. The molecule has 11 heteroatoms. The van der Waals surface area contributed by atoms with Gasteiger partial charge in [-0.3, -0.25) is 9.10 Å². The lowest BCUT2D eigenvalue weighted by atomic mass is 10.2. The van der Waals surface area contributed by atoms with Gasteiger partial charge in [-0.25, -0.2) is 8.42 Å². The van der Waals surface area contributed by atoms with E-state index in [1.54, 1.807) is 18.2 Å². The predicted molar refractivity (Wildman–Crippen MR) is 119 cm³/mol. The van der Waals surface area contributed by atoms with Crippen molar-refractivity contribution < 1.29 is 31.1 Å². The van der Waals surface area contributed by atoms with Crippen LogP contribution < -0.4 is 14.4 Å². The molecule has 0 bridgehead atoms. The molecular formula is C22H18ClF3N2O4S. The highest BCUT2D eigenvalue weighted by molar-refractivity contribution is 7.92. The quantitative estimate of drug-likeness (QED) is 0.486. The van der Waals surface area contributed by atoms with E-state index in [0.717, 1.165) is 16.4 Å². The molecule has 0 fully saturated rings. The van der Waals surface area contributed by atoms with E-state index in [9.17, 15) is 26.4 Å². The number of carbonyl (C=O) groups excluding carboxylic acids is 1. The number of carbonyl (C=O) groups is 1. The number of rotatable bonds is 7. The number of benzene rings is 3. The van der Waals surface area contributed by atoms with E-state index in [-0.39, 0.29) is 16.3 Å². The van der Waals surface area contributed by atoms with Crippen molar-refractivity contribution in [2.45, 2.75) is 11.1 Å². The molecule has 0 unspecified atom stereocenters. The Labute approximate surface area is 193 Å². The molecule has 3 aromatic rings. The number of anilines is 2. The molecule has 174 valence electrons. The summed E-state index contributed by atoms with van der Waals surface area (Å²) in [5, 5.41) is 1.83. The van der Waals surface area contributed by atoms with Crippen LogP contribution in [0.2, 0.25) is 5.02 Å². The van der Waals surface area contributed by atoms with Crippen LogP contribution in [0.1, 0.15) is 5.56 Å². The Morgan fingerprint density at radius 3 is 2.27 bits per heavy atom. The third-order valence-electron chi connectivity index (χ3n) is 4.53. The highest BCUT2D eigenvalue weighted by Gasteiger charge is 2.33. The fourth-order valence-corrected chi connectivity index (χ4v) is 4.25. The summed E-state index contributed by atoms with van der Waals surface area (Å²) < 4.78 is 70.6. The Kier molecular flexibility index (Phi) is 7.19. The summed E-state index contributed by atoms with van der Waals surface area (Å²) in [6.07, 6.45) is -4.66. The predicted octanol–water partition coefficient (Wildman–Crippen LogP) is 5.20. The Morgan fingerprint density at radius 1 is 1.03 bits per heavy atom. The van der Waals surface area contributed by atoms with Gasteiger partial charge in [-0.2, -0.15) is 13.2 Å². The van der Waals surface area contributed by atoms with Crippen LogP contribution in [0.25, 0.3) is 0 Å². The maximum absolute atomic E-state index is 12.9. The van der Waals surface area contributed by atoms with E-state index in [0.29, 0.717) is 5.69 Å². The lowest BCUT2D eigenvalue weighted by molar-refractivity contribution is -0.137. The van der Waals surface area contributed by atoms with Crippen molar-refractivity contribution in [2.24, 2.45) is 0 Å². The number of halogens is 4. The molecule has 0 radical (unpaired) electrons. The zero-order valence-corrected chi connectivity index (χ0v) is 18.7. The molecule has 0 aliphatic rings. The van der Waals surface area contributed by atoms with Gasteiger partial charge in [0.25, 0.3) is 15.9 Å². The fourth-order valence-electron chi connectivity index (χ4n) is 2.81. The van der Waals surface area contributed by atoms with Crippen molar-refractivity contribution in [1.82, 2.24) is 0 Å². The number of nitrogens with zero attached hydrogens (tertiary/aromatic N) is 1. The van der Waals surface area contributed by atoms with Crippen LogP contribution in [-0.2, 0) is 21.0 Å². The van der Waals surface area contributed by atoms with Gasteiger partial charge in [-0.15, -0.1) is 0 Å². The number of nitrogens with one attached hydrogen (secondary N) is 1. The highest BCUT2D eigenvalue weighted by Crippen LogP contribution is 2.36. The number of amides is 1. The van der Waals surface area contributed by atoms with Crippen LogP contribution in [0.4, 0.5) is 24.5 Å². The maximum atomic E-state index is 12.9. The first-order valence-corrected chi connectivity index (χ1v) is 11.2. The first-order chi connectivity index (χ1) is 15.5. The van der Waals surface area contributed by atoms with E-state index in [2.05, 4.69) is 5.32 Å². The molecule has 3 rings (SSSR count). The zero-order valence-electron chi connectivity index (χ0n) is 17.1. The molecule has 1 N–H and O–H groups in total. The van der Waals surface area contributed by atoms with Gasteiger partial charge in [0.1, 0.15) is 5.75 Å². The average molecular weight is 499 g/mol. The third-order valence-corrected chi connectivity index (χ3v) is 6.66. The minimum Gasteiger partial charge on any atom is -0.484 e. The van der Waals surface area contributed by atoms with Crippen LogP contribution in [0.15, 0.2) is 77.7 Å². The van der Waals surface area contributed by atoms with Gasteiger partial charge in [0.2, 0.25) is 0 Å². The third kappa shape index (κ3) is 5.96. The van der Waals surface area contributed by atoms with Crippen LogP contribution in [0.3, 0.4) is 0 Å². The van der Waals surface area contributed by atoms with Gasteiger partial charge in [-0.05, 0) is 54.6 Å². The molecule has 1 amide bonds. The summed E-state index contributed by atoms with van der Waals surface area (Å²) in [6.45, 7) is -0.471. The topological polar surface area (TPSA) is 75.7 Å². The summed E-state index contributed by atoms with van der Waals surface area (Å²) in [6, 6.07) is 16.9. The monoisotopic (exact) mass is 498 g/mol. The van der Waals surface area contributed by atoms with Crippen molar-refractivity contribution in [3.05, 3.63) is 83.4 Å². The van der Waals surface area contributed by atoms with Crippen molar-refractivity contribution in [3.8, 4) is 5.75 Å². The molecule has 0 saturated heterocycles. The molecule has 33 heavy (non-hydrogen) atoms. The average Bonchev–Trinajstić information content (AvgIpc) is 2.78. The van der Waals surface area contributed by atoms with E-state index in [4.69, 9.17) is 16.3 Å². The number of sulfonamides is 1. The first-order valence-electron chi connectivity index (χ1n) is 9.42. The van der Waals surface area contributed by atoms with E-state index >= 15 is 0 Å². The van der Waals surface area contributed by atoms with Gasteiger partial charge in [0, 0.05) is 12.7 Å². The summed E-state index contributed by atoms with van der Waals surface area (Å²) in [5.74, 6) is -0.412. The summed E-state index contributed by atoms with van der Waals surface area (Å²) in [7, 11) is -2.33. The first kappa shape index (κ1) is 24.4. The van der Waals surface area contributed by atoms with Crippen LogP contribution >= 0.6 is 11.6 Å². The second kappa shape index (κ2) is 9.72. The van der Waals surface area contributed by atoms with E-state index in [1.165, 1.54) is 49.5 Å². The molecule has 3 aromatic carbocycles. The van der Waals surface area contributed by atoms with Crippen molar-refractivity contribution in [2.75, 3.05) is 23.3 Å². The van der Waals surface area contributed by atoms with Crippen LogP contribution in [-0.4, -0.2) is 28.0 Å². The fraction of sp³-hybridized carbons (Fsp3) is 0.136. The minimum atomic E-state index is -4.66. The molecule has 0 aliphatic heterocycles. The standard InChI is InChI=1S/C22H18ClF3N2O4S/c1-28(33(30,31)18-5-3-2-4-6-18)16-8-10-17(11-9-16)32-14-21(29)27-15-7-12-20(23)19(13-15)22(24,25)26/h2-13H,14H2,1H3,(H,27,29). The minimum absolute atomic E-state index is 0.0802. The molecule has 0 heterocycles. The van der Waals surface area contributed by atoms with Crippen LogP contribution in [0.5, 0.6) is 5.75 Å². The molecule has 0 aliphatic carbocycles. The summed E-state index contributed by atoms with van der Waals surface area (Å²) >= 11 is 5.56. The number of hydrogen-bond donors (Lipinski definition) is 1.